The monoisotopic (exact) mass is 291 g/mol. The molecule has 114 valence electrons. The largest absolute Gasteiger partial charge is 0.481 e. The number of carboxylic acid groups (broad SMARTS) is 1. The Morgan fingerprint density at radius 2 is 2.00 bits per heavy atom. The van der Waals surface area contributed by atoms with Crippen LogP contribution in [0.15, 0.2) is 18.3 Å². The fourth-order valence-corrected chi connectivity index (χ4v) is 3.04. The number of nitrogen functional groups attached to an aromatic ring is 1. The molecule has 1 amide bonds. The number of rotatable bonds is 4. The lowest BCUT2D eigenvalue weighted by molar-refractivity contribution is -0.140. The molecule has 1 aliphatic rings. The zero-order valence-corrected chi connectivity index (χ0v) is 12.2. The molecule has 0 aromatic carbocycles. The predicted molar refractivity (Wildman–Crippen MR) is 78.8 cm³/mol. The zero-order chi connectivity index (χ0) is 15.5. The summed E-state index contributed by atoms with van der Waals surface area (Å²) in [5.41, 5.74) is 5.75. The van der Waals surface area contributed by atoms with E-state index >= 15 is 0 Å². The SMILES string of the molecule is CN(C(=O)c1ccc(N)cn1)C1(CC(=O)O)CCCCC1. The number of aliphatic carboxylic acids is 1. The topological polar surface area (TPSA) is 96.5 Å². The Labute approximate surface area is 124 Å². The minimum absolute atomic E-state index is 0.0236. The smallest absolute Gasteiger partial charge is 0.305 e. The van der Waals surface area contributed by atoms with Gasteiger partial charge in [-0.15, -0.1) is 0 Å². The second kappa shape index (κ2) is 6.11. The fourth-order valence-electron chi connectivity index (χ4n) is 3.04. The average Bonchev–Trinajstić information content (AvgIpc) is 2.47. The molecule has 0 radical (unpaired) electrons. The molecule has 3 N–H and O–H groups in total. The second-order valence-electron chi connectivity index (χ2n) is 5.70. The van der Waals surface area contributed by atoms with Gasteiger partial charge < -0.3 is 15.7 Å². The first kappa shape index (κ1) is 15.3. The first-order valence-electron chi connectivity index (χ1n) is 7.16. The summed E-state index contributed by atoms with van der Waals surface area (Å²) in [5, 5.41) is 9.20. The highest BCUT2D eigenvalue weighted by Crippen LogP contribution is 2.36. The molecule has 0 atom stereocenters. The maximum absolute atomic E-state index is 12.6. The highest BCUT2D eigenvalue weighted by molar-refractivity contribution is 5.93. The summed E-state index contributed by atoms with van der Waals surface area (Å²) in [5.74, 6) is -1.13. The molecule has 0 unspecified atom stereocenters. The van der Waals surface area contributed by atoms with Gasteiger partial charge in [-0.3, -0.25) is 9.59 Å². The molecule has 1 aliphatic carbocycles. The van der Waals surface area contributed by atoms with Crippen LogP contribution in [-0.2, 0) is 4.79 Å². The Hall–Kier alpha value is -2.11. The van der Waals surface area contributed by atoms with Crippen molar-refractivity contribution in [1.29, 1.82) is 0 Å². The highest BCUT2D eigenvalue weighted by Gasteiger charge is 2.40. The summed E-state index contributed by atoms with van der Waals surface area (Å²) in [6.07, 6.45) is 5.83. The zero-order valence-electron chi connectivity index (χ0n) is 12.2. The number of amides is 1. The minimum atomic E-state index is -0.873. The van der Waals surface area contributed by atoms with Crippen LogP contribution in [0, 0.1) is 0 Å². The maximum Gasteiger partial charge on any atom is 0.305 e. The second-order valence-corrected chi connectivity index (χ2v) is 5.70. The van der Waals surface area contributed by atoms with E-state index < -0.39 is 11.5 Å². The van der Waals surface area contributed by atoms with E-state index in [9.17, 15) is 14.7 Å². The Balaban J connectivity index is 2.24. The number of nitrogens with two attached hydrogens (primary N) is 1. The Morgan fingerprint density at radius 3 is 2.52 bits per heavy atom. The van der Waals surface area contributed by atoms with E-state index in [4.69, 9.17) is 5.73 Å². The molecule has 6 heteroatoms. The van der Waals surface area contributed by atoms with Gasteiger partial charge in [0.05, 0.1) is 23.8 Å². The minimum Gasteiger partial charge on any atom is -0.481 e. The lowest BCUT2D eigenvalue weighted by Crippen LogP contribution is -2.52. The number of carbonyl (C=O) groups excluding carboxylic acids is 1. The highest BCUT2D eigenvalue weighted by atomic mass is 16.4. The molecule has 2 rings (SSSR count). The molecule has 1 aromatic heterocycles. The quantitative estimate of drug-likeness (QED) is 0.883. The fraction of sp³-hybridized carbons (Fsp3) is 0.533. The lowest BCUT2D eigenvalue weighted by Gasteiger charge is -2.43. The van der Waals surface area contributed by atoms with Gasteiger partial charge in [-0.1, -0.05) is 19.3 Å². The van der Waals surface area contributed by atoms with Gasteiger partial charge in [0.2, 0.25) is 0 Å². The van der Waals surface area contributed by atoms with Gasteiger partial charge in [0, 0.05) is 7.05 Å². The van der Waals surface area contributed by atoms with E-state index in [-0.39, 0.29) is 12.3 Å². The van der Waals surface area contributed by atoms with Crippen molar-refractivity contribution in [2.24, 2.45) is 0 Å². The van der Waals surface area contributed by atoms with E-state index in [1.807, 2.05) is 0 Å². The molecule has 1 aromatic rings. The Morgan fingerprint density at radius 1 is 1.33 bits per heavy atom. The number of nitrogens with zero attached hydrogens (tertiary/aromatic N) is 2. The van der Waals surface area contributed by atoms with Crippen LogP contribution in [0.1, 0.15) is 49.0 Å². The Bertz CT molecular complexity index is 521. The van der Waals surface area contributed by atoms with Gasteiger partial charge in [0.15, 0.2) is 0 Å². The third-order valence-corrected chi connectivity index (χ3v) is 4.29. The normalized spacial score (nSPS) is 17.2. The third-order valence-electron chi connectivity index (χ3n) is 4.29. The van der Waals surface area contributed by atoms with Gasteiger partial charge in [-0.2, -0.15) is 0 Å². The third kappa shape index (κ3) is 3.32. The summed E-state index contributed by atoms with van der Waals surface area (Å²) in [6.45, 7) is 0. The number of carboxylic acids is 1. The van der Waals surface area contributed by atoms with E-state index in [2.05, 4.69) is 4.98 Å². The van der Waals surface area contributed by atoms with Crippen molar-refractivity contribution in [1.82, 2.24) is 9.88 Å². The molecule has 0 aliphatic heterocycles. The molecule has 1 saturated carbocycles. The predicted octanol–water partition coefficient (Wildman–Crippen LogP) is 1.91. The molecular formula is C15H21N3O3. The van der Waals surface area contributed by atoms with Crippen molar-refractivity contribution in [3.63, 3.8) is 0 Å². The number of carbonyl (C=O) groups is 2. The van der Waals surface area contributed by atoms with Crippen LogP contribution in [0.2, 0.25) is 0 Å². The number of aromatic nitrogens is 1. The summed E-state index contributed by atoms with van der Waals surface area (Å²) in [4.78, 5) is 29.4. The van der Waals surface area contributed by atoms with Crippen molar-refractivity contribution < 1.29 is 14.7 Å². The lowest BCUT2D eigenvalue weighted by atomic mass is 9.78. The van der Waals surface area contributed by atoms with E-state index in [1.54, 1.807) is 24.1 Å². The molecular weight excluding hydrogens is 270 g/mol. The molecule has 1 heterocycles. The molecule has 6 nitrogen and oxygen atoms in total. The van der Waals surface area contributed by atoms with Crippen LogP contribution >= 0.6 is 0 Å². The van der Waals surface area contributed by atoms with Gasteiger partial charge in [0.1, 0.15) is 5.69 Å². The standard InChI is InChI=1S/C15H21N3O3/c1-18(14(21)12-6-5-11(16)10-17-12)15(9-13(19)20)7-3-2-4-8-15/h5-6,10H,2-4,7-9,16H2,1H3,(H,19,20). The van der Waals surface area contributed by atoms with Crippen molar-refractivity contribution in [2.75, 3.05) is 12.8 Å². The van der Waals surface area contributed by atoms with Crippen LogP contribution < -0.4 is 5.73 Å². The van der Waals surface area contributed by atoms with Crippen LogP contribution in [0.25, 0.3) is 0 Å². The molecule has 21 heavy (non-hydrogen) atoms. The first-order valence-corrected chi connectivity index (χ1v) is 7.16. The summed E-state index contributed by atoms with van der Waals surface area (Å²) in [7, 11) is 1.68. The number of hydrogen-bond acceptors (Lipinski definition) is 4. The van der Waals surface area contributed by atoms with Crippen LogP contribution in [0.4, 0.5) is 5.69 Å². The van der Waals surface area contributed by atoms with Crippen molar-refractivity contribution in [3.05, 3.63) is 24.0 Å². The Kier molecular flexibility index (Phi) is 4.45. The average molecular weight is 291 g/mol. The summed E-state index contributed by atoms with van der Waals surface area (Å²) >= 11 is 0. The maximum atomic E-state index is 12.6. The number of pyridine rings is 1. The van der Waals surface area contributed by atoms with Gasteiger partial charge >= 0.3 is 5.97 Å². The summed E-state index contributed by atoms with van der Waals surface area (Å²) in [6, 6.07) is 3.20. The van der Waals surface area contributed by atoms with Crippen molar-refractivity contribution in [2.45, 2.75) is 44.1 Å². The number of anilines is 1. The van der Waals surface area contributed by atoms with Crippen LogP contribution in [0.3, 0.4) is 0 Å². The molecule has 1 fully saturated rings. The van der Waals surface area contributed by atoms with Crippen molar-refractivity contribution >= 4 is 17.6 Å². The van der Waals surface area contributed by atoms with Crippen molar-refractivity contribution in [3.8, 4) is 0 Å². The molecule has 0 saturated heterocycles. The number of hydrogen-bond donors (Lipinski definition) is 2. The van der Waals surface area contributed by atoms with Crippen LogP contribution in [-0.4, -0.2) is 39.5 Å². The van der Waals surface area contributed by atoms with E-state index in [1.165, 1.54) is 6.20 Å². The summed E-state index contributed by atoms with van der Waals surface area (Å²) < 4.78 is 0. The molecule has 0 bridgehead atoms. The first-order chi connectivity index (χ1) is 9.94. The van der Waals surface area contributed by atoms with E-state index in [0.29, 0.717) is 11.4 Å². The van der Waals surface area contributed by atoms with E-state index in [0.717, 1.165) is 32.1 Å². The van der Waals surface area contributed by atoms with Gasteiger partial charge in [-0.25, -0.2) is 4.98 Å². The van der Waals surface area contributed by atoms with Gasteiger partial charge in [0.25, 0.3) is 5.91 Å². The van der Waals surface area contributed by atoms with Crippen LogP contribution in [0.5, 0.6) is 0 Å². The molecule has 0 spiro atoms. The van der Waals surface area contributed by atoms with Gasteiger partial charge in [-0.05, 0) is 25.0 Å².